The molecule has 0 radical (unpaired) electrons. The largest absolute Gasteiger partial charge is 0.507 e. The van der Waals surface area contributed by atoms with Crippen LogP contribution in [0, 0.1) is 0 Å². The van der Waals surface area contributed by atoms with Crippen LogP contribution in [-0.2, 0) is 0 Å². The van der Waals surface area contributed by atoms with Crippen molar-refractivity contribution in [3.05, 3.63) is 29.8 Å². The molecule has 0 aliphatic heterocycles. The third-order valence-electron chi connectivity index (χ3n) is 1.33. The molecule has 0 bridgehead atoms. The van der Waals surface area contributed by atoms with Crippen molar-refractivity contribution in [2.24, 2.45) is 0 Å². The maximum atomic E-state index is 10.9. The second-order valence-electron chi connectivity index (χ2n) is 2.07. The Morgan fingerprint density at radius 2 is 1.92 bits per heavy atom. The number of ketones is 1. The van der Waals surface area contributed by atoms with Crippen molar-refractivity contribution in [1.82, 2.24) is 0 Å². The maximum absolute atomic E-state index is 10.9. The highest BCUT2D eigenvalue weighted by atomic mass is 35.5. The van der Waals surface area contributed by atoms with Gasteiger partial charge in [0.05, 0.1) is 11.4 Å². The zero-order valence-electron chi connectivity index (χ0n) is 7.75. The molecule has 1 rings (SSSR count). The highest BCUT2D eigenvalue weighted by Crippen LogP contribution is 2.16. The van der Waals surface area contributed by atoms with Gasteiger partial charge in [-0.1, -0.05) is 26.0 Å². The number of halogens is 1. The first-order valence-corrected chi connectivity index (χ1v) is 4.66. The molecule has 1 aromatic rings. The van der Waals surface area contributed by atoms with E-state index in [4.69, 9.17) is 16.7 Å². The average molecular weight is 201 g/mol. The molecule has 0 spiro atoms. The number of Topliss-reactive ketones (excluding diaryl/α,β-unsaturated/α-hetero) is 1. The molecule has 2 nitrogen and oxygen atoms in total. The van der Waals surface area contributed by atoms with Crippen LogP contribution in [0.1, 0.15) is 24.2 Å². The van der Waals surface area contributed by atoms with Crippen molar-refractivity contribution in [3.8, 4) is 5.75 Å². The van der Waals surface area contributed by atoms with E-state index < -0.39 is 0 Å². The minimum atomic E-state index is -0.259. The van der Waals surface area contributed by atoms with Crippen LogP contribution in [0.3, 0.4) is 0 Å². The summed E-state index contributed by atoms with van der Waals surface area (Å²) in [6.45, 7) is 4.00. The lowest BCUT2D eigenvalue weighted by molar-refractivity contribution is 0.101. The SMILES string of the molecule is CC.O=C(CCl)c1ccccc1O. The fraction of sp³-hybridized carbons (Fsp3) is 0.300. The van der Waals surface area contributed by atoms with Crippen LogP contribution in [0.4, 0.5) is 0 Å². The third-order valence-corrected chi connectivity index (χ3v) is 1.57. The number of para-hydroxylation sites is 1. The molecule has 0 aliphatic rings. The Kier molecular flexibility index (Phi) is 5.98. The minimum absolute atomic E-state index is 0.0156. The van der Waals surface area contributed by atoms with E-state index in [1.54, 1.807) is 18.2 Å². The van der Waals surface area contributed by atoms with Gasteiger partial charge in [0, 0.05) is 0 Å². The van der Waals surface area contributed by atoms with Crippen molar-refractivity contribution < 1.29 is 9.90 Å². The van der Waals surface area contributed by atoms with Crippen LogP contribution in [0.15, 0.2) is 24.3 Å². The summed E-state index contributed by atoms with van der Waals surface area (Å²) in [5.41, 5.74) is 0.280. The molecule has 13 heavy (non-hydrogen) atoms. The van der Waals surface area contributed by atoms with Gasteiger partial charge in [0.2, 0.25) is 0 Å². The van der Waals surface area contributed by atoms with E-state index in [0.29, 0.717) is 0 Å². The molecule has 0 aliphatic carbocycles. The molecule has 0 aromatic heterocycles. The van der Waals surface area contributed by atoms with Gasteiger partial charge < -0.3 is 5.11 Å². The van der Waals surface area contributed by atoms with Gasteiger partial charge in [0.15, 0.2) is 5.78 Å². The van der Waals surface area contributed by atoms with Crippen molar-refractivity contribution >= 4 is 17.4 Å². The van der Waals surface area contributed by atoms with E-state index in [-0.39, 0.29) is 23.0 Å². The highest BCUT2D eigenvalue weighted by molar-refractivity contribution is 6.30. The Morgan fingerprint density at radius 1 is 1.38 bits per heavy atom. The second kappa shape index (κ2) is 6.49. The van der Waals surface area contributed by atoms with E-state index in [9.17, 15) is 4.79 Å². The lowest BCUT2D eigenvalue weighted by atomic mass is 10.1. The number of hydrogen-bond donors (Lipinski definition) is 1. The van der Waals surface area contributed by atoms with Crippen molar-refractivity contribution in [2.75, 3.05) is 5.88 Å². The van der Waals surface area contributed by atoms with Gasteiger partial charge in [-0.25, -0.2) is 0 Å². The van der Waals surface area contributed by atoms with Crippen LogP contribution in [0.5, 0.6) is 5.75 Å². The highest BCUT2D eigenvalue weighted by Gasteiger charge is 2.07. The number of alkyl halides is 1. The van der Waals surface area contributed by atoms with Gasteiger partial charge in [-0.15, -0.1) is 11.6 Å². The van der Waals surface area contributed by atoms with Gasteiger partial charge in [0.25, 0.3) is 0 Å². The summed E-state index contributed by atoms with van der Waals surface area (Å²) in [5.74, 6) is -0.375. The van der Waals surface area contributed by atoms with Gasteiger partial charge in [0.1, 0.15) is 5.75 Å². The van der Waals surface area contributed by atoms with Gasteiger partial charge in [-0.05, 0) is 12.1 Å². The molecule has 1 N–H and O–H groups in total. The topological polar surface area (TPSA) is 37.3 Å². The number of phenols is 1. The quantitative estimate of drug-likeness (QED) is 0.589. The van der Waals surface area contributed by atoms with Gasteiger partial charge >= 0.3 is 0 Å². The molecule has 72 valence electrons. The summed E-state index contributed by atoms with van der Waals surface area (Å²) in [7, 11) is 0. The minimum Gasteiger partial charge on any atom is -0.507 e. The number of aromatic hydroxyl groups is 1. The fourth-order valence-corrected chi connectivity index (χ4v) is 0.925. The van der Waals surface area contributed by atoms with E-state index >= 15 is 0 Å². The number of rotatable bonds is 2. The smallest absolute Gasteiger partial charge is 0.181 e. The molecule has 0 amide bonds. The average Bonchev–Trinajstić information content (AvgIpc) is 2.20. The van der Waals surface area contributed by atoms with E-state index in [1.165, 1.54) is 6.07 Å². The lowest BCUT2D eigenvalue weighted by Gasteiger charge is -1.98. The molecule has 0 saturated carbocycles. The van der Waals surface area contributed by atoms with Crippen molar-refractivity contribution in [3.63, 3.8) is 0 Å². The van der Waals surface area contributed by atoms with Crippen LogP contribution < -0.4 is 0 Å². The second-order valence-corrected chi connectivity index (χ2v) is 2.34. The first-order chi connectivity index (χ1) is 6.25. The monoisotopic (exact) mass is 200 g/mol. The van der Waals surface area contributed by atoms with Crippen LogP contribution >= 0.6 is 11.6 Å². The number of benzene rings is 1. The van der Waals surface area contributed by atoms with E-state index in [2.05, 4.69) is 0 Å². The predicted molar refractivity (Wildman–Crippen MR) is 54.5 cm³/mol. The Morgan fingerprint density at radius 3 is 2.38 bits per heavy atom. The van der Waals surface area contributed by atoms with E-state index in [0.717, 1.165) is 0 Å². The number of carbonyl (C=O) groups excluding carboxylic acids is 1. The Hall–Kier alpha value is -1.02. The summed E-state index contributed by atoms with van der Waals surface area (Å²) in [5, 5.41) is 9.13. The Balaban J connectivity index is 0.000000671. The van der Waals surface area contributed by atoms with Crippen molar-refractivity contribution in [2.45, 2.75) is 13.8 Å². The normalized spacial score (nSPS) is 8.54. The van der Waals surface area contributed by atoms with Gasteiger partial charge in [-0.2, -0.15) is 0 Å². The van der Waals surface area contributed by atoms with Crippen LogP contribution in [-0.4, -0.2) is 16.8 Å². The van der Waals surface area contributed by atoms with Crippen molar-refractivity contribution in [1.29, 1.82) is 0 Å². The summed E-state index contributed by atoms with van der Waals surface area (Å²) in [6.07, 6.45) is 0. The molecule has 0 unspecified atom stereocenters. The maximum Gasteiger partial charge on any atom is 0.181 e. The standard InChI is InChI=1S/C8H7ClO2.C2H6/c9-5-8(11)6-3-1-2-4-7(6)10;1-2/h1-4,10H,5H2;1-2H3. The zero-order chi connectivity index (χ0) is 10.3. The van der Waals surface area contributed by atoms with Crippen LogP contribution in [0.2, 0.25) is 0 Å². The Bertz CT molecular complexity index is 271. The summed E-state index contributed by atoms with van der Waals surface area (Å²) < 4.78 is 0. The molecule has 0 fully saturated rings. The number of hydrogen-bond acceptors (Lipinski definition) is 2. The van der Waals surface area contributed by atoms with E-state index in [1.807, 2.05) is 13.8 Å². The first-order valence-electron chi connectivity index (χ1n) is 4.13. The Labute approximate surface area is 83.2 Å². The number of phenolic OH excluding ortho intramolecular Hbond substituents is 1. The fourth-order valence-electron chi connectivity index (χ4n) is 0.781. The zero-order valence-corrected chi connectivity index (χ0v) is 8.51. The predicted octanol–water partition coefficient (Wildman–Crippen LogP) is 2.84. The van der Waals surface area contributed by atoms with Crippen LogP contribution in [0.25, 0.3) is 0 Å². The summed E-state index contributed by atoms with van der Waals surface area (Å²) in [4.78, 5) is 10.9. The summed E-state index contributed by atoms with van der Waals surface area (Å²) in [6, 6.07) is 6.33. The summed E-state index contributed by atoms with van der Waals surface area (Å²) >= 11 is 5.30. The molecular weight excluding hydrogens is 188 g/mol. The number of carbonyl (C=O) groups is 1. The molecule has 3 heteroatoms. The van der Waals surface area contributed by atoms with Gasteiger partial charge in [-0.3, -0.25) is 4.79 Å². The molecule has 0 saturated heterocycles. The first kappa shape index (κ1) is 12.0. The lowest BCUT2D eigenvalue weighted by Crippen LogP contribution is -1.99. The third kappa shape index (κ3) is 3.47. The molecule has 0 heterocycles. The molecule has 0 atom stereocenters. The molecule has 1 aromatic carbocycles. The molecular formula is C10H13ClO2.